The molecule has 0 aliphatic heterocycles. The van der Waals surface area contributed by atoms with Crippen molar-refractivity contribution >= 4 is 5.97 Å². The predicted octanol–water partition coefficient (Wildman–Crippen LogP) is 6.22. The summed E-state index contributed by atoms with van der Waals surface area (Å²) in [5.74, 6) is -0.917. The van der Waals surface area contributed by atoms with Gasteiger partial charge in [0.2, 0.25) is 0 Å². The fourth-order valence-corrected chi connectivity index (χ4v) is 2.09. The molecule has 0 fully saturated rings. The van der Waals surface area contributed by atoms with Crippen molar-refractivity contribution in [2.45, 2.75) is 71.1 Å². The summed E-state index contributed by atoms with van der Waals surface area (Å²) < 4.78 is 0. The van der Waals surface area contributed by atoms with E-state index in [4.69, 9.17) is 5.11 Å². The Bertz CT molecular complexity index is 362. The summed E-state index contributed by atoms with van der Waals surface area (Å²) in [6, 6.07) is 0. The maximum atomic E-state index is 10.2. The van der Waals surface area contributed by atoms with Crippen molar-refractivity contribution in [2.75, 3.05) is 0 Å². The smallest absolute Gasteiger partial charge is 0.328 e. The van der Waals surface area contributed by atoms with Crippen molar-refractivity contribution in [2.24, 2.45) is 0 Å². The van der Waals surface area contributed by atoms with Crippen molar-refractivity contribution in [1.82, 2.24) is 0 Å². The molecular weight excluding hydrogens is 272 g/mol. The Morgan fingerprint density at radius 2 is 1.32 bits per heavy atom. The highest BCUT2D eigenvalue weighted by Gasteiger charge is 1.89. The molecule has 2 heteroatoms. The molecule has 0 aromatic heterocycles. The summed E-state index contributed by atoms with van der Waals surface area (Å²) in [5, 5.41) is 8.39. The third kappa shape index (κ3) is 18.4. The van der Waals surface area contributed by atoms with Crippen LogP contribution in [0.3, 0.4) is 0 Å². The topological polar surface area (TPSA) is 37.3 Å². The van der Waals surface area contributed by atoms with E-state index in [0.717, 1.165) is 18.9 Å². The van der Waals surface area contributed by atoms with Crippen LogP contribution in [0.15, 0.2) is 48.6 Å². The van der Waals surface area contributed by atoms with Crippen molar-refractivity contribution in [3.05, 3.63) is 48.6 Å². The minimum Gasteiger partial charge on any atom is -0.478 e. The molecule has 0 unspecified atom stereocenters. The van der Waals surface area contributed by atoms with Gasteiger partial charge in [-0.25, -0.2) is 4.79 Å². The molecule has 22 heavy (non-hydrogen) atoms. The van der Waals surface area contributed by atoms with Gasteiger partial charge in [-0.05, 0) is 25.7 Å². The Morgan fingerprint density at radius 1 is 0.727 bits per heavy atom. The van der Waals surface area contributed by atoms with E-state index < -0.39 is 5.97 Å². The number of unbranched alkanes of at least 4 members (excludes halogenated alkanes) is 8. The minimum absolute atomic E-state index is 0.917. The molecule has 0 saturated carbocycles. The number of carbonyl (C=O) groups is 1. The molecule has 0 amide bonds. The highest BCUT2D eigenvalue weighted by molar-refractivity contribution is 5.80. The van der Waals surface area contributed by atoms with Gasteiger partial charge in [-0.15, -0.1) is 0 Å². The van der Waals surface area contributed by atoms with Gasteiger partial charge in [-0.2, -0.15) is 0 Å². The van der Waals surface area contributed by atoms with Crippen LogP contribution in [0.2, 0.25) is 0 Å². The van der Waals surface area contributed by atoms with Gasteiger partial charge < -0.3 is 5.11 Å². The first-order valence-electron chi connectivity index (χ1n) is 8.65. The van der Waals surface area contributed by atoms with Gasteiger partial charge in [0.15, 0.2) is 0 Å². The van der Waals surface area contributed by atoms with Crippen LogP contribution in [-0.4, -0.2) is 11.1 Å². The number of aliphatic carboxylic acids is 1. The van der Waals surface area contributed by atoms with Crippen LogP contribution >= 0.6 is 0 Å². The Labute approximate surface area is 136 Å². The van der Waals surface area contributed by atoms with Crippen molar-refractivity contribution in [3.8, 4) is 0 Å². The lowest BCUT2D eigenvalue weighted by Gasteiger charge is -1.98. The molecule has 0 aliphatic carbocycles. The molecule has 0 bridgehead atoms. The van der Waals surface area contributed by atoms with Gasteiger partial charge in [0.05, 0.1) is 0 Å². The van der Waals surface area contributed by atoms with Crippen LogP contribution in [0.1, 0.15) is 71.1 Å². The predicted molar refractivity (Wildman–Crippen MR) is 96.0 cm³/mol. The second-order valence-electron chi connectivity index (χ2n) is 5.47. The number of carboxylic acids is 1. The Hall–Kier alpha value is -1.57. The normalized spacial score (nSPS) is 12.4. The highest BCUT2D eigenvalue weighted by Crippen LogP contribution is 2.08. The maximum absolute atomic E-state index is 10.2. The fourth-order valence-electron chi connectivity index (χ4n) is 2.09. The highest BCUT2D eigenvalue weighted by atomic mass is 16.4. The molecule has 0 heterocycles. The molecule has 0 rings (SSSR count). The molecule has 0 radical (unpaired) electrons. The van der Waals surface area contributed by atoms with E-state index >= 15 is 0 Å². The van der Waals surface area contributed by atoms with E-state index in [1.54, 1.807) is 6.08 Å². The number of hydrogen-bond acceptors (Lipinski definition) is 1. The summed E-state index contributed by atoms with van der Waals surface area (Å²) in [5.41, 5.74) is 0. The third-order valence-electron chi connectivity index (χ3n) is 3.35. The Morgan fingerprint density at radius 3 is 2.05 bits per heavy atom. The summed E-state index contributed by atoms with van der Waals surface area (Å²) >= 11 is 0. The molecule has 0 aromatic carbocycles. The number of rotatable bonds is 14. The van der Waals surface area contributed by atoms with Gasteiger partial charge in [-0.3, -0.25) is 0 Å². The van der Waals surface area contributed by atoms with E-state index in [-0.39, 0.29) is 0 Å². The van der Waals surface area contributed by atoms with Crippen molar-refractivity contribution < 1.29 is 9.90 Å². The molecule has 1 N–H and O–H groups in total. The minimum atomic E-state index is -0.917. The van der Waals surface area contributed by atoms with E-state index in [1.807, 2.05) is 12.2 Å². The van der Waals surface area contributed by atoms with Crippen LogP contribution in [0, 0.1) is 0 Å². The van der Waals surface area contributed by atoms with E-state index in [1.165, 1.54) is 57.4 Å². The molecule has 2 nitrogen and oxygen atoms in total. The molecule has 0 spiro atoms. The Kier molecular flexibility index (Phi) is 16.2. The van der Waals surface area contributed by atoms with Gasteiger partial charge in [-0.1, -0.05) is 88.0 Å². The average Bonchev–Trinajstić information content (AvgIpc) is 2.50. The second kappa shape index (κ2) is 17.5. The number of carboxylic acid groups (broad SMARTS) is 1. The van der Waals surface area contributed by atoms with Crippen LogP contribution in [0.5, 0.6) is 0 Å². The van der Waals surface area contributed by atoms with Gasteiger partial charge in [0, 0.05) is 6.08 Å². The summed E-state index contributed by atoms with van der Waals surface area (Å²) in [4.78, 5) is 10.2. The quantitative estimate of drug-likeness (QED) is 0.179. The zero-order valence-corrected chi connectivity index (χ0v) is 14.0. The first-order chi connectivity index (χ1) is 10.8. The third-order valence-corrected chi connectivity index (χ3v) is 3.35. The maximum Gasteiger partial charge on any atom is 0.328 e. The number of hydrogen-bond donors (Lipinski definition) is 1. The first kappa shape index (κ1) is 20.4. The standard InChI is InChI=1S/C20H32O2/c1-2-3-4-5-6-7-8-9-10-11-12-13-14-15-16-17-18-19-20(21)22/h10-11,14-19H,2-9,12-13H2,1H3,(H,21,22). The molecule has 0 atom stereocenters. The van der Waals surface area contributed by atoms with Crippen molar-refractivity contribution in [1.29, 1.82) is 0 Å². The SMILES string of the molecule is CCCCCCCCCC=CCCC=CC=CC=CC(=O)O. The lowest BCUT2D eigenvalue weighted by atomic mass is 10.1. The fraction of sp³-hybridized carbons (Fsp3) is 0.550. The van der Waals surface area contributed by atoms with Gasteiger partial charge in [0.25, 0.3) is 0 Å². The van der Waals surface area contributed by atoms with Gasteiger partial charge in [0.1, 0.15) is 0 Å². The lowest BCUT2D eigenvalue weighted by molar-refractivity contribution is -0.131. The molecular formula is C20H32O2. The largest absolute Gasteiger partial charge is 0.478 e. The Balaban J connectivity index is 3.35. The van der Waals surface area contributed by atoms with Crippen molar-refractivity contribution in [3.63, 3.8) is 0 Å². The average molecular weight is 304 g/mol. The van der Waals surface area contributed by atoms with E-state index in [2.05, 4.69) is 25.2 Å². The number of allylic oxidation sites excluding steroid dienone is 7. The van der Waals surface area contributed by atoms with Crippen LogP contribution in [0.4, 0.5) is 0 Å². The molecule has 0 saturated heterocycles. The first-order valence-corrected chi connectivity index (χ1v) is 8.65. The van der Waals surface area contributed by atoms with Crippen LogP contribution in [0.25, 0.3) is 0 Å². The van der Waals surface area contributed by atoms with E-state index in [0.29, 0.717) is 0 Å². The second-order valence-corrected chi connectivity index (χ2v) is 5.47. The monoisotopic (exact) mass is 304 g/mol. The zero-order valence-electron chi connectivity index (χ0n) is 14.0. The van der Waals surface area contributed by atoms with Crippen LogP contribution < -0.4 is 0 Å². The summed E-state index contributed by atoms with van der Waals surface area (Å²) in [6.45, 7) is 2.26. The lowest BCUT2D eigenvalue weighted by Crippen LogP contribution is -1.84. The molecule has 0 aromatic rings. The van der Waals surface area contributed by atoms with E-state index in [9.17, 15) is 4.79 Å². The van der Waals surface area contributed by atoms with Crippen LogP contribution in [-0.2, 0) is 4.79 Å². The zero-order chi connectivity index (χ0) is 16.3. The summed E-state index contributed by atoms with van der Waals surface area (Å²) in [7, 11) is 0. The van der Waals surface area contributed by atoms with Gasteiger partial charge >= 0.3 is 5.97 Å². The molecule has 0 aliphatic rings. The summed E-state index contributed by atoms with van der Waals surface area (Å²) in [6.07, 6.45) is 27.7. The molecule has 124 valence electrons.